The molecular formula is C37H43F3N8O5S. The van der Waals surface area contributed by atoms with Gasteiger partial charge in [0.2, 0.25) is 17.7 Å². The van der Waals surface area contributed by atoms with Gasteiger partial charge in [-0.05, 0) is 79.9 Å². The van der Waals surface area contributed by atoms with Crippen molar-refractivity contribution in [3.05, 3.63) is 100 Å². The molecule has 54 heavy (non-hydrogen) atoms. The highest BCUT2D eigenvalue weighted by atomic mass is 32.1. The van der Waals surface area contributed by atoms with Crippen LogP contribution in [0.5, 0.6) is 5.75 Å². The zero-order valence-electron chi connectivity index (χ0n) is 29.2. The Morgan fingerprint density at radius 3 is 2.11 bits per heavy atom. The van der Waals surface area contributed by atoms with E-state index in [1.807, 2.05) is 24.3 Å². The van der Waals surface area contributed by atoms with Crippen LogP contribution >= 0.6 is 11.3 Å². The van der Waals surface area contributed by atoms with Crippen molar-refractivity contribution in [1.82, 2.24) is 16.0 Å². The number of nitrogens with two attached hydrogens (primary N) is 4. The Labute approximate surface area is 313 Å². The minimum Gasteiger partial charge on any atom is -0.489 e. The Kier molecular flexibility index (Phi) is 14.8. The Hall–Kier alpha value is -5.68. The summed E-state index contributed by atoms with van der Waals surface area (Å²) in [5.41, 5.74) is 21.6. The molecule has 13 nitrogen and oxygen atoms in total. The van der Waals surface area contributed by atoms with Crippen LogP contribution in [0.25, 0.3) is 10.1 Å². The van der Waals surface area contributed by atoms with Gasteiger partial charge in [-0.3, -0.25) is 24.2 Å². The lowest BCUT2D eigenvalue weighted by Crippen LogP contribution is -2.54. The number of benzene rings is 3. The number of alkyl halides is 3. The number of halogens is 3. The number of nitrogens with zero attached hydrogens (tertiary/aromatic N) is 1. The second-order valence-electron chi connectivity index (χ2n) is 12.3. The van der Waals surface area contributed by atoms with Crippen molar-refractivity contribution in [2.24, 2.45) is 27.9 Å². The molecule has 17 heteroatoms. The molecule has 0 saturated carbocycles. The van der Waals surface area contributed by atoms with Crippen LogP contribution in [0.1, 0.15) is 64.5 Å². The topological polar surface area (TPSA) is 230 Å². The van der Waals surface area contributed by atoms with E-state index < -0.39 is 53.5 Å². The van der Waals surface area contributed by atoms with E-state index in [1.54, 1.807) is 6.07 Å². The number of nitrogens with one attached hydrogen (secondary N) is 3. The fourth-order valence-electron chi connectivity index (χ4n) is 5.53. The van der Waals surface area contributed by atoms with Crippen LogP contribution in [0.3, 0.4) is 0 Å². The zero-order chi connectivity index (χ0) is 39.3. The molecule has 4 amide bonds. The smallest absolute Gasteiger partial charge is 0.416 e. The molecule has 0 bridgehead atoms. The lowest BCUT2D eigenvalue weighted by atomic mass is 10.0. The first kappa shape index (κ1) is 41.1. The highest BCUT2D eigenvalue weighted by Gasteiger charge is 2.33. The molecule has 0 saturated heterocycles. The first-order valence-electron chi connectivity index (χ1n) is 17.1. The van der Waals surface area contributed by atoms with E-state index in [0.29, 0.717) is 30.7 Å². The van der Waals surface area contributed by atoms with Crippen LogP contribution in [0.2, 0.25) is 0 Å². The summed E-state index contributed by atoms with van der Waals surface area (Å²) in [5, 5.41) is 8.96. The van der Waals surface area contributed by atoms with E-state index >= 15 is 0 Å². The van der Waals surface area contributed by atoms with E-state index in [4.69, 9.17) is 27.7 Å². The number of hydrogen-bond acceptors (Lipinski definition) is 8. The number of unbranched alkanes of at least 4 members (excludes halogenated alkanes) is 1. The van der Waals surface area contributed by atoms with Gasteiger partial charge in [0.05, 0.1) is 10.4 Å². The summed E-state index contributed by atoms with van der Waals surface area (Å²) in [7, 11) is 0. The first-order chi connectivity index (χ1) is 25.8. The number of hydrogen-bond donors (Lipinski definition) is 7. The molecule has 288 valence electrons. The summed E-state index contributed by atoms with van der Waals surface area (Å²) < 4.78 is 46.6. The van der Waals surface area contributed by atoms with Crippen molar-refractivity contribution < 1.29 is 37.1 Å². The molecule has 1 heterocycles. The number of fused-ring (bicyclic) bond motifs is 1. The lowest BCUT2D eigenvalue weighted by Gasteiger charge is -2.25. The number of rotatable bonds is 19. The lowest BCUT2D eigenvalue weighted by molar-refractivity contribution is -0.138. The molecule has 4 aromatic rings. The second kappa shape index (κ2) is 19.4. The maximum Gasteiger partial charge on any atom is 0.416 e. The fraction of sp³-hybridized carbons (Fsp3) is 0.324. The van der Waals surface area contributed by atoms with Crippen molar-refractivity contribution in [2.45, 2.75) is 63.0 Å². The maximum atomic E-state index is 13.7. The standard InChI is InChI=1S/C37H43F3N8O5S/c38-37(39,40)26-10-3-1-9-24(26)21-53-25-16-14-22(15-17-25)31(32(42)49)48-34(51)27(11-5-6-18-41)46-33(50)28(12-7-19-45-36(43)44)47-35(52)30-20-23-8-2-4-13-29(23)54-30/h1-4,8-10,13-17,20,27-28,31H,5-7,11-12,18-19,21,41H2,(H2,42,49)(H,46,50)(H,47,52)(H,48,51)(H4,43,44,45)/t27-,28-,31+/m0/s1. The summed E-state index contributed by atoms with van der Waals surface area (Å²) in [5.74, 6) is -2.67. The predicted molar refractivity (Wildman–Crippen MR) is 200 cm³/mol. The van der Waals surface area contributed by atoms with E-state index in [-0.39, 0.29) is 48.8 Å². The quantitative estimate of drug-likeness (QED) is 0.0422. The predicted octanol–water partition coefficient (Wildman–Crippen LogP) is 3.61. The molecule has 0 spiro atoms. The van der Waals surface area contributed by atoms with Crippen LogP contribution in [-0.4, -0.2) is 54.8 Å². The molecule has 0 radical (unpaired) electrons. The van der Waals surface area contributed by atoms with Crippen molar-refractivity contribution in [1.29, 1.82) is 0 Å². The highest BCUT2D eigenvalue weighted by Crippen LogP contribution is 2.32. The molecule has 0 aliphatic heterocycles. The molecule has 11 N–H and O–H groups in total. The molecule has 3 atom stereocenters. The Morgan fingerprint density at radius 1 is 0.796 bits per heavy atom. The summed E-state index contributed by atoms with van der Waals surface area (Å²) in [6, 6.07) is 16.4. The van der Waals surface area contributed by atoms with Crippen LogP contribution in [0.15, 0.2) is 83.9 Å². The summed E-state index contributed by atoms with van der Waals surface area (Å²) >= 11 is 1.27. The van der Waals surface area contributed by atoms with E-state index in [2.05, 4.69) is 20.9 Å². The molecule has 1 aromatic heterocycles. The third-order valence-electron chi connectivity index (χ3n) is 8.30. The number of primary amides is 1. The van der Waals surface area contributed by atoms with Crippen LogP contribution in [0.4, 0.5) is 13.2 Å². The third-order valence-corrected chi connectivity index (χ3v) is 9.41. The average molecular weight is 769 g/mol. The number of carbonyl (C=O) groups excluding carboxylic acids is 4. The van der Waals surface area contributed by atoms with Gasteiger partial charge in [0, 0.05) is 16.8 Å². The molecule has 0 aliphatic rings. The molecule has 0 fully saturated rings. The van der Waals surface area contributed by atoms with Gasteiger partial charge in [-0.15, -0.1) is 11.3 Å². The Balaban J connectivity index is 1.47. The third kappa shape index (κ3) is 11.9. The summed E-state index contributed by atoms with van der Waals surface area (Å²) in [4.78, 5) is 57.7. The van der Waals surface area contributed by atoms with E-state index in [0.717, 1.165) is 16.2 Å². The number of ether oxygens (including phenoxy) is 1. The van der Waals surface area contributed by atoms with Crippen LogP contribution < -0.4 is 43.6 Å². The van der Waals surface area contributed by atoms with Crippen LogP contribution in [-0.2, 0) is 27.2 Å². The SMILES string of the molecule is NCCCC[C@H](NC(=O)[C@H](CCCN=C(N)N)NC(=O)c1cc2ccccc2s1)C(=O)N[C@@H](C(N)=O)c1ccc(OCc2ccccc2C(F)(F)F)cc1. The van der Waals surface area contributed by atoms with Crippen molar-refractivity contribution in [3.8, 4) is 5.75 Å². The molecule has 0 aliphatic carbocycles. The molecular weight excluding hydrogens is 726 g/mol. The zero-order valence-corrected chi connectivity index (χ0v) is 30.1. The van der Waals surface area contributed by atoms with Crippen LogP contribution in [0, 0.1) is 0 Å². The molecule has 3 aromatic carbocycles. The average Bonchev–Trinajstić information content (AvgIpc) is 3.58. The second-order valence-corrected chi connectivity index (χ2v) is 13.4. The van der Waals surface area contributed by atoms with Gasteiger partial charge >= 0.3 is 6.18 Å². The Morgan fingerprint density at radius 2 is 1.44 bits per heavy atom. The van der Waals surface area contributed by atoms with Crippen molar-refractivity contribution >= 4 is 51.0 Å². The molecule has 4 rings (SSSR count). The normalized spacial score (nSPS) is 13.0. The Bertz CT molecular complexity index is 1900. The maximum absolute atomic E-state index is 13.7. The van der Waals surface area contributed by atoms with Crippen molar-refractivity contribution in [2.75, 3.05) is 13.1 Å². The van der Waals surface area contributed by atoms with Gasteiger partial charge in [0.25, 0.3) is 5.91 Å². The van der Waals surface area contributed by atoms with E-state index in [9.17, 15) is 32.3 Å². The van der Waals surface area contributed by atoms with Gasteiger partial charge in [0.1, 0.15) is 30.5 Å². The first-order valence-corrected chi connectivity index (χ1v) is 17.9. The highest BCUT2D eigenvalue weighted by molar-refractivity contribution is 7.20. The minimum atomic E-state index is -4.55. The summed E-state index contributed by atoms with van der Waals surface area (Å²) in [6.45, 7) is 0.159. The number of amides is 4. The monoisotopic (exact) mass is 768 g/mol. The van der Waals surface area contributed by atoms with Gasteiger partial charge < -0.3 is 43.6 Å². The van der Waals surface area contributed by atoms with Gasteiger partial charge in [-0.2, -0.15) is 13.2 Å². The van der Waals surface area contributed by atoms with E-state index in [1.165, 1.54) is 53.8 Å². The summed E-state index contributed by atoms with van der Waals surface area (Å²) in [6.07, 6.45) is -2.96. The van der Waals surface area contributed by atoms with Gasteiger partial charge in [-0.25, -0.2) is 0 Å². The largest absolute Gasteiger partial charge is 0.489 e. The minimum absolute atomic E-state index is 0.0604. The molecule has 0 unspecified atom stereocenters. The van der Waals surface area contributed by atoms with Crippen molar-refractivity contribution in [3.63, 3.8) is 0 Å². The number of carbonyl (C=O) groups is 4. The van der Waals surface area contributed by atoms with Gasteiger partial charge in [-0.1, -0.05) is 48.5 Å². The number of guanidine groups is 1. The number of aliphatic imine (C=N–C) groups is 1. The fourth-order valence-corrected chi connectivity index (χ4v) is 6.50. The van der Waals surface area contributed by atoms with Gasteiger partial charge in [0.15, 0.2) is 5.96 Å². The number of thiophene rings is 1.